The molecule has 0 amide bonds. The average Bonchev–Trinajstić information content (AvgIpc) is 2.04. The Labute approximate surface area is 76.3 Å². The average molecular weight is 181 g/mol. The van der Waals surface area contributed by atoms with Crippen molar-refractivity contribution in [2.24, 2.45) is 0 Å². The fourth-order valence-electron chi connectivity index (χ4n) is 0.837. The molecule has 0 spiro atoms. The van der Waals surface area contributed by atoms with E-state index in [0.717, 1.165) is 0 Å². The van der Waals surface area contributed by atoms with Crippen LogP contribution in [0.4, 0.5) is 4.39 Å². The molecule has 3 heteroatoms. The highest BCUT2D eigenvalue weighted by Crippen LogP contribution is 2.05. The first kappa shape index (κ1) is 9.71. The maximum Gasteiger partial charge on any atom is 0.338 e. The van der Waals surface area contributed by atoms with Crippen molar-refractivity contribution in [3.05, 3.63) is 42.6 Å². The van der Waals surface area contributed by atoms with Crippen molar-refractivity contribution in [1.29, 1.82) is 0 Å². The number of esters is 1. The van der Waals surface area contributed by atoms with Gasteiger partial charge >= 0.3 is 5.97 Å². The van der Waals surface area contributed by atoms with Gasteiger partial charge in [-0.05, 0) is 38.1 Å². The van der Waals surface area contributed by atoms with Crippen LogP contribution in [0.25, 0.3) is 0 Å². The number of carbonyl (C=O) groups excluding carboxylic acids is 1. The summed E-state index contributed by atoms with van der Waals surface area (Å²) in [4.78, 5) is 11.2. The van der Waals surface area contributed by atoms with Gasteiger partial charge in [0.2, 0.25) is 0 Å². The van der Waals surface area contributed by atoms with Gasteiger partial charge in [0.15, 0.2) is 0 Å². The van der Waals surface area contributed by atoms with Crippen molar-refractivity contribution >= 4 is 5.97 Å². The third-order valence-electron chi connectivity index (χ3n) is 1.39. The normalized spacial score (nSPS) is 10.2. The van der Waals surface area contributed by atoms with Gasteiger partial charge < -0.3 is 4.74 Å². The summed E-state index contributed by atoms with van der Waals surface area (Å²) >= 11 is 0. The first-order valence-corrected chi connectivity index (χ1v) is 3.89. The van der Waals surface area contributed by atoms with Gasteiger partial charge in [-0.3, -0.25) is 0 Å². The van der Waals surface area contributed by atoms with Crippen molar-refractivity contribution in [2.75, 3.05) is 0 Å². The summed E-state index contributed by atoms with van der Waals surface area (Å²) in [6.07, 6.45) is -0.405. The van der Waals surface area contributed by atoms with Crippen LogP contribution in [-0.4, -0.2) is 12.1 Å². The smallest absolute Gasteiger partial charge is 0.338 e. The van der Waals surface area contributed by atoms with Crippen molar-refractivity contribution < 1.29 is 13.9 Å². The molecule has 1 rings (SSSR count). The molecule has 0 saturated carbocycles. The van der Waals surface area contributed by atoms with Crippen LogP contribution in [0, 0.1) is 12.7 Å². The molecule has 0 aliphatic carbocycles. The molecule has 1 radical (unpaired) electrons. The lowest BCUT2D eigenvalue weighted by Gasteiger charge is -2.06. The van der Waals surface area contributed by atoms with Gasteiger partial charge in [-0.2, -0.15) is 0 Å². The molecule has 2 nitrogen and oxygen atoms in total. The van der Waals surface area contributed by atoms with E-state index in [-0.39, 0.29) is 5.82 Å². The lowest BCUT2D eigenvalue weighted by Crippen LogP contribution is -2.11. The zero-order valence-corrected chi connectivity index (χ0v) is 7.29. The van der Waals surface area contributed by atoms with Crippen LogP contribution in [0.5, 0.6) is 0 Å². The summed E-state index contributed by atoms with van der Waals surface area (Å²) in [6, 6.07) is 5.18. The number of benzene rings is 1. The van der Waals surface area contributed by atoms with Gasteiger partial charge in [0.05, 0.1) is 11.7 Å². The second-order valence-corrected chi connectivity index (χ2v) is 2.72. The summed E-state index contributed by atoms with van der Waals surface area (Å²) in [7, 11) is 0. The van der Waals surface area contributed by atoms with Crippen LogP contribution in [0.3, 0.4) is 0 Å². The van der Waals surface area contributed by atoms with Gasteiger partial charge in [0.1, 0.15) is 5.82 Å². The highest BCUT2D eigenvalue weighted by atomic mass is 19.1. The summed E-state index contributed by atoms with van der Waals surface area (Å²) in [5.41, 5.74) is 0.330. The minimum Gasteiger partial charge on any atom is -0.459 e. The molecule has 0 N–H and O–H groups in total. The van der Waals surface area contributed by atoms with E-state index in [2.05, 4.69) is 6.92 Å². The fraction of sp³-hybridized carbons (Fsp3) is 0.200. The zero-order valence-electron chi connectivity index (χ0n) is 7.29. The molecule has 1 atom stereocenters. The minimum atomic E-state index is -0.484. The predicted molar refractivity (Wildman–Crippen MR) is 46.6 cm³/mol. The molecule has 1 aromatic carbocycles. The number of carbonyl (C=O) groups is 1. The Balaban J connectivity index is 2.72. The molecule has 69 valence electrons. The SMILES string of the molecule is [CH2][C@@H](C)OC(=O)c1ccc(F)cc1. The highest BCUT2D eigenvalue weighted by Gasteiger charge is 2.08. The van der Waals surface area contributed by atoms with Crippen LogP contribution in [-0.2, 0) is 4.74 Å². The Bertz CT molecular complexity index is 290. The second-order valence-electron chi connectivity index (χ2n) is 2.72. The number of hydrogen-bond acceptors (Lipinski definition) is 2. The summed E-state index contributed by atoms with van der Waals surface area (Å²) in [5.74, 6) is -0.860. The van der Waals surface area contributed by atoms with Crippen LogP contribution < -0.4 is 0 Å². The lowest BCUT2D eigenvalue weighted by atomic mass is 10.2. The second kappa shape index (κ2) is 4.03. The molecule has 13 heavy (non-hydrogen) atoms. The van der Waals surface area contributed by atoms with Gasteiger partial charge in [0, 0.05) is 0 Å². The van der Waals surface area contributed by atoms with Gasteiger partial charge in [0.25, 0.3) is 0 Å². The summed E-state index contributed by atoms with van der Waals surface area (Å²) in [5, 5.41) is 0. The molecule has 1 aromatic rings. The molecule has 0 aliphatic rings. The Hall–Kier alpha value is -1.38. The predicted octanol–water partition coefficient (Wildman–Crippen LogP) is 2.21. The molecule has 0 unspecified atom stereocenters. The lowest BCUT2D eigenvalue weighted by molar-refractivity contribution is 0.0420. The van der Waals surface area contributed by atoms with Crippen molar-refractivity contribution in [3.63, 3.8) is 0 Å². The first-order valence-electron chi connectivity index (χ1n) is 3.89. The largest absolute Gasteiger partial charge is 0.459 e. The summed E-state index contributed by atoms with van der Waals surface area (Å²) in [6.45, 7) is 5.16. The first-order chi connectivity index (χ1) is 6.09. The topological polar surface area (TPSA) is 26.3 Å². The van der Waals surface area contributed by atoms with E-state index >= 15 is 0 Å². The van der Waals surface area contributed by atoms with Crippen molar-refractivity contribution in [3.8, 4) is 0 Å². The standard InChI is InChI=1S/C10H10FO2/c1-7(2)13-10(12)8-3-5-9(11)6-4-8/h3-7H,1H2,2H3/t7-/m0/s1. The van der Waals surface area contributed by atoms with Gasteiger partial charge in [-0.1, -0.05) is 0 Å². The molecule has 0 aromatic heterocycles. The molecular formula is C10H10FO2. The van der Waals surface area contributed by atoms with Gasteiger partial charge in [-0.25, -0.2) is 9.18 Å². The highest BCUT2D eigenvalue weighted by molar-refractivity contribution is 5.89. The Kier molecular flexibility index (Phi) is 3.01. The summed E-state index contributed by atoms with van der Waals surface area (Å²) < 4.78 is 17.3. The van der Waals surface area contributed by atoms with E-state index in [1.807, 2.05) is 0 Å². The number of rotatable bonds is 2. The van der Waals surface area contributed by atoms with Crippen LogP contribution in [0.1, 0.15) is 17.3 Å². The molecule has 0 heterocycles. The van der Waals surface area contributed by atoms with E-state index in [9.17, 15) is 9.18 Å². The Morgan fingerprint density at radius 3 is 2.46 bits per heavy atom. The number of halogens is 1. The van der Waals surface area contributed by atoms with E-state index in [4.69, 9.17) is 4.74 Å². The van der Waals surface area contributed by atoms with Crippen molar-refractivity contribution in [1.82, 2.24) is 0 Å². The van der Waals surface area contributed by atoms with Crippen LogP contribution >= 0.6 is 0 Å². The van der Waals surface area contributed by atoms with E-state index in [0.29, 0.717) is 5.56 Å². The zero-order chi connectivity index (χ0) is 9.84. The molecule has 0 aliphatic heterocycles. The molecule has 0 saturated heterocycles. The maximum absolute atomic E-state index is 12.4. The molecule has 0 bridgehead atoms. The monoisotopic (exact) mass is 181 g/mol. The van der Waals surface area contributed by atoms with Crippen molar-refractivity contribution in [2.45, 2.75) is 13.0 Å². The minimum absolute atomic E-state index is 0.330. The molecule has 0 fully saturated rings. The Morgan fingerprint density at radius 2 is 2.00 bits per heavy atom. The van der Waals surface area contributed by atoms with E-state index in [1.165, 1.54) is 24.3 Å². The van der Waals surface area contributed by atoms with E-state index < -0.39 is 12.1 Å². The quantitative estimate of drug-likeness (QED) is 0.654. The van der Waals surface area contributed by atoms with Gasteiger partial charge in [-0.15, -0.1) is 0 Å². The van der Waals surface area contributed by atoms with Crippen LogP contribution in [0.15, 0.2) is 24.3 Å². The van der Waals surface area contributed by atoms with E-state index in [1.54, 1.807) is 6.92 Å². The number of hydrogen-bond donors (Lipinski definition) is 0. The fourth-order valence-corrected chi connectivity index (χ4v) is 0.837. The Morgan fingerprint density at radius 1 is 1.46 bits per heavy atom. The third-order valence-corrected chi connectivity index (χ3v) is 1.39. The number of ether oxygens (including phenoxy) is 1. The maximum atomic E-state index is 12.4. The third kappa shape index (κ3) is 2.86. The van der Waals surface area contributed by atoms with Crippen LogP contribution in [0.2, 0.25) is 0 Å². The molecular weight excluding hydrogens is 171 g/mol.